The zero-order valence-electron chi connectivity index (χ0n) is 6.88. The van der Waals surface area contributed by atoms with Crippen molar-refractivity contribution in [2.24, 2.45) is 0 Å². The van der Waals surface area contributed by atoms with Crippen LogP contribution in [0.25, 0.3) is 0 Å². The summed E-state index contributed by atoms with van der Waals surface area (Å²) in [4.78, 5) is 9.99. The number of nitro groups is 1. The van der Waals surface area contributed by atoms with Gasteiger partial charge in [-0.2, -0.15) is 0 Å². The second-order valence-corrected chi connectivity index (χ2v) is 3.27. The molecule has 0 saturated heterocycles. The van der Waals surface area contributed by atoms with Crippen LogP contribution in [0.5, 0.6) is 0 Å². The Balaban J connectivity index is 3.30. The second kappa shape index (κ2) is 3.94. The van der Waals surface area contributed by atoms with Crippen LogP contribution in [0.15, 0.2) is 12.1 Å². The van der Waals surface area contributed by atoms with E-state index in [1.165, 1.54) is 12.1 Å². The lowest BCUT2D eigenvalue weighted by Crippen LogP contribution is -1.92. The molecule has 0 aromatic heterocycles. The van der Waals surface area contributed by atoms with Crippen LogP contribution >= 0.6 is 23.2 Å². The van der Waals surface area contributed by atoms with Crippen LogP contribution in [-0.4, -0.2) is 4.92 Å². The number of aryl methyl sites for hydroxylation is 1. The van der Waals surface area contributed by atoms with Crippen molar-refractivity contribution < 1.29 is 4.92 Å². The van der Waals surface area contributed by atoms with Gasteiger partial charge in [-0.25, -0.2) is 0 Å². The molecule has 5 heteroatoms. The molecule has 0 heterocycles. The number of non-ortho nitro benzene ring substituents is 1. The summed E-state index contributed by atoms with van der Waals surface area (Å²) >= 11 is 11.4. The highest BCUT2D eigenvalue weighted by Gasteiger charge is 2.11. The van der Waals surface area contributed by atoms with E-state index < -0.39 is 4.92 Å². The topological polar surface area (TPSA) is 43.1 Å². The molecule has 0 unspecified atom stereocenters. The maximum atomic E-state index is 10.5. The van der Waals surface area contributed by atoms with Gasteiger partial charge in [0.2, 0.25) is 0 Å². The average Bonchev–Trinajstić information content (AvgIpc) is 2.09. The Morgan fingerprint density at radius 3 is 2.62 bits per heavy atom. The van der Waals surface area contributed by atoms with Crippen LogP contribution in [-0.2, 0) is 5.88 Å². The van der Waals surface area contributed by atoms with Gasteiger partial charge in [0.15, 0.2) is 0 Å². The van der Waals surface area contributed by atoms with Crippen LogP contribution in [0.1, 0.15) is 11.1 Å². The highest BCUT2D eigenvalue weighted by molar-refractivity contribution is 6.33. The van der Waals surface area contributed by atoms with Gasteiger partial charge in [-0.1, -0.05) is 11.6 Å². The maximum Gasteiger partial charge on any atom is 0.270 e. The average molecular weight is 220 g/mol. The van der Waals surface area contributed by atoms with Crippen LogP contribution in [0, 0.1) is 17.0 Å². The first-order chi connectivity index (χ1) is 6.06. The number of nitrogens with zero attached hydrogens (tertiary/aromatic N) is 1. The molecule has 1 aromatic carbocycles. The van der Waals surface area contributed by atoms with Gasteiger partial charge in [0.1, 0.15) is 0 Å². The van der Waals surface area contributed by atoms with Crippen molar-refractivity contribution in [2.75, 3.05) is 0 Å². The lowest BCUT2D eigenvalue weighted by Gasteiger charge is -2.03. The quantitative estimate of drug-likeness (QED) is 0.436. The van der Waals surface area contributed by atoms with Crippen molar-refractivity contribution in [3.05, 3.63) is 38.4 Å². The zero-order valence-corrected chi connectivity index (χ0v) is 8.39. The Labute approximate surface area is 85.4 Å². The fourth-order valence-corrected chi connectivity index (χ4v) is 1.48. The molecular formula is C8H7Cl2NO2. The lowest BCUT2D eigenvalue weighted by atomic mass is 10.1. The first-order valence-electron chi connectivity index (χ1n) is 3.55. The van der Waals surface area contributed by atoms with Gasteiger partial charge in [0.05, 0.1) is 4.92 Å². The minimum atomic E-state index is -0.459. The van der Waals surface area contributed by atoms with Gasteiger partial charge >= 0.3 is 0 Å². The first kappa shape index (κ1) is 10.3. The molecule has 0 amide bonds. The smallest absolute Gasteiger partial charge is 0.258 e. The fraction of sp³-hybridized carbons (Fsp3) is 0.250. The minimum Gasteiger partial charge on any atom is -0.258 e. The monoisotopic (exact) mass is 219 g/mol. The predicted molar refractivity (Wildman–Crippen MR) is 52.4 cm³/mol. The Kier molecular flexibility index (Phi) is 3.12. The molecule has 70 valence electrons. The molecule has 0 saturated carbocycles. The van der Waals surface area contributed by atoms with Crippen molar-refractivity contribution in [3.63, 3.8) is 0 Å². The van der Waals surface area contributed by atoms with Crippen LogP contribution < -0.4 is 0 Å². The van der Waals surface area contributed by atoms with Gasteiger partial charge in [-0.05, 0) is 18.1 Å². The normalized spacial score (nSPS) is 10.1. The van der Waals surface area contributed by atoms with Gasteiger partial charge in [0.25, 0.3) is 5.69 Å². The largest absolute Gasteiger partial charge is 0.270 e. The van der Waals surface area contributed by atoms with Crippen molar-refractivity contribution >= 4 is 28.9 Å². The summed E-state index contributed by atoms with van der Waals surface area (Å²) in [7, 11) is 0. The number of alkyl halides is 1. The number of benzene rings is 1. The van der Waals surface area contributed by atoms with Crippen LogP contribution in [0.4, 0.5) is 5.69 Å². The van der Waals surface area contributed by atoms with Gasteiger partial charge < -0.3 is 0 Å². The van der Waals surface area contributed by atoms with E-state index in [1.54, 1.807) is 6.92 Å². The highest BCUT2D eigenvalue weighted by Crippen LogP contribution is 2.27. The van der Waals surface area contributed by atoms with Gasteiger partial charge in [-0.15, -0.1) is 11.6 Å². The summed E-state index contributed by atoms with van der Waals surface area (Å²) in [5, 5.41) is 11.0. The summed E-state index contributed by atoms with van der Waals surface area (Å²) in [6.45, 7) is 1.71. The summed E-state index contributed by atoms with van der Waals surface area (Å²) in [5.41, 5.74) is 1.29. The minimum absolute atomic E-state index is 0.0255. The first-order valence-corrected chi connectivity index (χ1v) is 4.47. The third-order valence-electron chi connectivity index (χ3n) is 1.67. The zero-order chi connectivity index (χ0) is 10.0. The number of hydrogen-bond acceptors (Lipinski definition) is 2. The Morgan fingerprint density at radius 2 is 2.15 bits per heavy atom. The highest BCUT2D eigenvalue weighted by atomic mass is 35.5. The molecule has 0 atom stereocenters. The number of halogens is 2. The Bertz CT molecular complexity index is 352. The van der Waals surface area contributed by atoms with Crippen molar-refractivity contribution in [2.45, 2.75) is 12.8 Å². The molecule has 0 bridgehead atoms. The van der Waals surface area contributed by atoms with E-state index in [2.05, 4.69) is 0 Å². The number of hydrogen-bond donors (Lipinski definition) is 0. The SMILES string of the molecule is Cc1cc([N+](=O)[O-])cc(CCl)c1Cl. The van der Waals surface area contributed by atoms with E-state index in [0.717, 1.165) is 0 Å². The van der Waals surface area contributed by atoms with E-state index in [0.29, 0.717) is 16.1 Å². The van der Waals surface area contributed by atoms with Crippen LogP contribution in [0.2, 0.25) is 5.02 Å². The molecule has 13 heavy (non-hydrogen) atoms. The molecule has 0 fully saturated rings. The summed E-state index contributed by atoms with van der Waals surface area (Å²) < 4.78 is 0. The van der Waals surface area contributed by atoms with E-state index >= 15 is 0 Å². The third-order valence-corrected chi connectivity index (χ3v) is 2.50. The summed E-state index contributed by atoms with van der Waals surface area (Å²) in [5.74, 6) is 0.182. The molecule has 0 aliphatic carbocycles. The molecule has 0 aliphatic heterocycles. The lowest BCUT2D eigenvalue weighted by molar-refractivity contribution is -0.384. The molecule has 3 nitrogen and oxygen atoms in total. The summed E-state index contributed by atoms with van der Waals surface area (Å²) in [6, 6.07) is 2.82. The van der Waals surface area contributed by atoms with Crippen molar-refractivity contribution in [3.8, 4) is 0 Å². The van der Waals surface area contributed by atoms with E-state index in [-0.39, 0.29) is 11.6 Å². The van der Waals surface area contributed by atoms with Gasteiger partial charge in [-0.3, -0.25) is 10.1 Å². The van der Waals surface area contributed by atoms with Crippen molar-refractivity contribution in [1.82, 2.24) is 0 Å². The Morgan fingerprint density at radius 1 is 1.54 bits per heavy atom. The Hall–Kier alpha value is -0.800. The van der Waals surface area contributed by atoms with E-state index in [4.69, 9.17) is 23.2 Å². The second-order valence-electron chi connectivity index (χ2n) is 2.63. The number of nitro benzene ring substituents is 1. The summed E-state index contributed by atoms with van der Waals surface area (Å²) in [6.07, 6.45) is 0. The molecule has 1 rings (SSSR count). The molecule has 0 aliphatic rings. The standard InChI is InChI=1S/C8H7Cl2NO2/c1-5-2-7(11(12)13)3-6(4-9)8(5)10/h2-3H,4H2,1H3. The van der Waals surface area contributed by atoms with Crippen molar-refractivity contribution in [1.29, 1.82) is 0 Å². The van der Waals surface area contributed by atoms with Crippen LogP contribution in [0.3, 0.4) is 0 Å². The maximum absolute atomic E-state index is 10.5. The number of rotatable bonds is 2. The third kappa shape index (κ3) is 2.11. The molecular weight excluding hydrogens is 213 g/mol. The fourth-order valence-electron chi connectivity index (χ4n) is 1.02. The predicted octanol–water partition coefficient (Wildman–Crippen LogP) is 3.30. The molecule has 0 spiro atoms. The molecule has 0 radical (unpaired) electrons. The molecule has 1 aromatic rings. The molecule has 0 N–H and O–H groups in total. The van der Waals surface area contributed by atoms with Gasteiger partial charge in [0, 0.05) is 23.0 Å². The van der Waals surface area contributed by atoms with E-state index in [9.17, 15) is 10.1 Å². The van der Waals surface area contributed by atoms with E-state index in [1.807, 2.05) is 0 Å².